The first-order valence-electron chi connectivity index (χ1n) is 10.0. The molecule has 156 valence electrons. The summed E-state index contributed by atoms with van der Waals surface area (Å²) in [5.41, 5.74) is 3.77. The Balaban J connectivity index is 1.62. The maximum Gasteiger partial charge on any atom is 0.243 e. The van der Waals surface area contributed by atoms with E-state index in [-0.39, 0.29) is 17.3 Å². The van der Waals surface area contributed by atoms with Crippen molar-refractivity contribution in [2.75, 3.05) is 25.0 Å². The van der Waals surface area contributed by atoms with Gasteiger partial charge in [0, 0.05) is 25.3 Å². The van der Waals surface area contributed by atoms with E-state index in [1.807, 2.05) is 38.1 Å². The van der Waals surface area contributed by atoms with Crippen molar-refractivity contribution in [3.05, 3.63) is 59.2 Å². The molecule has 0 spiro atoms. The minimum Gasteiger partial charge on any atom is -0.376 e. The fourth-order valence-corrected chi connectivity index (χ4v) is 4.99. The third-order valence-corrected chi connectivity index (χ3v) is 7.23. The number of carbonyl (C=O) groups excluding carboxylic acids is 1. The molecule has 0 radical (unpaired) electrons. The second-order valence-corrected chi connectivity index (χ2v) is 9.44. The molecule has 3 rings (SSSR count). The van der Waals surface area contributed by atoms with Gasteiger partial charge in [-0.05, 0) is 55.5 Å². The predicted molar refractivity (Wildman–Crippen MR) is 115 cm³/mol. The number of aryl methyl sites for hydroxylation is 2. The van der Waals surface area contributed by atoms with E-state index in [9.17, 15) is 13.2 Å². The van der Waals surface area contributed by atoms with Crippen molar-refractivity contribution in [1.29, 1.82) is 0 Å². The fourth-order valence-electron chi connectivity index (χ4n) is 3.45. The van der Waals surface area contributed by atoms with Crippen LogP contribution in [0.15, 0.2) is 47.4 Å². The minimum atomic E-state index is -3.50. The molecule has 1 saturated heterocycles. The molecular formula is C22H29N3O3S. The summed E-state index contributed by atoms with van der Waals surface area (Å²) in [5.74, 6) is -0.142. The highest BCUT2D eigenvalue weighted by atomic mass is 32.2. The molecule has 6 nitrogen and oxygen atoms in total. The highest BCUT2D eigenvalue weighted by Crippen LogP contribution is 2.25. The molecule has 1 heterocycles. The normalized spacial score (nSPS) is 15.1. The van der Waals surface area contributed by atoms with Gasteiger partial charge in [0.2, 0.25) is 15.9 Å². The largest absolute Gasteiger partial charge is 0.376 e. The van der Waals surface area contributed by atoms with Crippen LogP contribution in [0.1, 0.15) is 36.0 Å². The third kappa shape index (κ3) is 5.36. The van der Waals surface area contributed by atoms with Crippen LogP contribution in [0, 0.1) is 13.8 Å². The van der Waals surface area contributed by atoms with E-state index in [0.29, 0.717) is 25.3 Å². The van der Waals surface area contributed by atoms with Crippen molar-refractivity contribution in [2.45, 2.75) is 44.6 Å². The summed E-state index contributed by atoms with van der Waals surface area (Å²) in [4.78, 5) is 12.5. The van der Waals surface area contributed by atoms with Gasteiger partial charge in [-0.1, -0.05) is 36.8 Å². The van der Waals surface area contributed by atoms with E-state index >= 15 is 0 Å². The van der Waals surface area contributed by atoms with Crippen molar-refractivity contribution < 1.29 is 13.2 Å². The van der Waals surface area contributed by atoms with E-state index in [1.165, 1.54) is 0 Å². The van der Waals surface area contributed by atoms with Gasteiger partial charge in [-0.2, -0.15) is 4.31 Å². The van der Waals surface area contributed by atoms with E-state index in [0.717, 1.165) is 36.0 Å². The fraction of sp³-hybridized carbons (Fsp3) is 0.409. The molecule has 0 aromatic heterocycles. The van der Waals surface area contributed by atoms with Crippen LogP contribution in [0.25, 0.3) is 0 Å². The lowest BCUT2D eigenvalue weighted by atomic mass is 10.1. The van der Waals surface area contributed by atoms with Gasteiger partial charge in [0.15, 0.2) is 0 Å². The lowest BCUT2D eigenvalue weighted by Crippen LogP contribution is -2.35. The van der Waals surface area contributed by atoms with Gasteiger partial charge in [0.1, 0.15) is 0 Å². The van der Waals surface area contributed by atoms with Crippen molar-refractivity contribution in [1.82, 2.24) is 9.62 Å². The lowest BCUT2D eigenvalue weighted by molar-refractivity contribution is -0.119. The Morgan fingerprint density at radius 3 is 2.45 bits per heavy atom. The summed E-state index contributed by atoms with van der Waals surface area (Å²) < 4.78 is 27.4. The van der Waals surface area contributed by atoms with Crippen LogP contribution < -0.4 is 10.6 Å². The molecule has 1 fully saturated rings. The number of hydrogen-bond donors (Lipinski definition) is 2. The van der Waals surface area contributed by atoms with Gasteiger partial charge in [-0.3, -0.25) is 4.79 Å². The summed E-state index contributed by atoms with van der Waals surface area (Å²) >= 11 is 0. The standard InChI is InChI=1S/C22H29N3O3S/c1-17-8-4-5-9-19(17)15-24-22(26)16-23-21-14-20(11-10-18(21)2)29(27,28)25-12-6-3-7-13-25/h4-5,8-11,14,23H,3,6-7,12-13,15-16H2,1-2H3,(H,24,26). The molecule has 0 atom stereocenters. The SMILES string of the molecule is Cc1ccccc1CNC(=O)CNc1cc(S(=O)(=O)N2CCCCC2)ccc1C. The second-order valence-electron chi connectivity index (χ2n) is 7.50. The number of rotatable bonds is 7. The zero-order chi connectivity index (χ0) is 20.9. The average molecular weight is 416 g/mol. The number of nitrogens with zero attached hydrogens (tertiary/aromatic N) is 1. The molecular weight excluding hydrogens is 386 g/mol. The Labute approximate surface area is 173 Å². The third-order valence-electron chi connectivity index (χ3n) is 5.34. The maximum atomic E-state index is 12.9. The maximum absolute atomic E-state index is 12.9. The summed E-state index contributed by atoms with van der Waals surface area (Å²) in [6.45, 7) is 5.60. The number of carbonyl (C=O) groups is 1. The molecule has 2 aromatic carbocycles. The van der Waals surface area contributed by atoms with Crippen LogP contribution in [0.3, 0.4) is 0 Å². The number of sulfonamides is 1. The van der Waals surface area contributed by atoms with Crippen LogP contribution in [0.5, 0.6) is 0 Å². The van der Waals surface area contributed by atoms with Crippen LogP contribution in [0.4, 0.5) is 5.69 Å². The Morgan fingerprint density at radius 1 is 1.00 bits per heavy atom. The molecule has 1 amide bonds. The van der Waals surface area contributed by atoms with Crippen LogP contribution >= 0.6 is 0 Å². The highest BCUT2D eigenvalue weighted by Gasteiger charge is 2.26. The van der Waals surface area contributed by atoms with Crippen molar-refractivity contribution in [2.24, 2.45) is 0 Å². The van der Waals surface area contributed by atoms with E-state index in [4.69, 9.17) is 0 Å². The van der Waals surface area contributed by atoms with E-state index in [2.05, 4.69) is 10.6 Å². The highest BCUT2D eigenvalue weighted by molar-refractivity contribution is 7.89. The van der Waals surface area contributed by atoms with Gasteiger partial charge in [0.05, 0.1) is 11.4 Å². The lowest BCUT2D eigenvalue weighted by Gasteiger charge is -2.26. The van der Waals surface area contributed by atoms with Gasteiger partial charge in [0.25, 0.3) is 0 Å². The number of anilines is 1. The first-order valence-corrected chi connectivity index (χ1v) is 11.5. The Morgan fingerprint density at radius 2 is 1.72 bits per heavy atom. The van der Waals surface area contributed by atoms with Gasteiger partial charge in [-0.15, -0.1) is 0 Å². The van der Waals surface area contributed by atoms with Gasteiger partial charge < -0.3 is 10.6 Å². The summed E-state index contributed by atoms with van der Waals surface area (Å²) in [7, 11) is -3.50. The minimum absolute atomic E-state index is 0.0833. The molecule has 0 aliphatic carbocycles. The van der Waals surface area contributed by atoms with Crippen LogP contribution in [0.2, 0.25) is 0 Å². The first kappa shape index (κ1) is 21.3. The van der Waals surface area contributed by atoms with Crippen molar-refractivity contribution in [3.63, 3.8) is 0 Å². The number of piperidine rings is 1. The molecule has 2 N–H and O–H groups in total. The van der Waals surface area contributed by atoms with Crippen LogP contribution in [-0.4, -0.2) is 38.3 Å². The molecule has 0 bridgehead atoms. The average Bonchev–Trinajstić information content (AvgIpc) is 2.73. The molecule has 2 aromatic rings. The molecule has 7 heteroatoms. The topological polar surface area (TPSA) is 78.5 Å². The van der Waals surface area contributed by atoms with E-state index in [1.54, 1.807) is 22.5 Å². The smallest absolute Gasteiger partial charge is 0.243 e. The zero-order valence-corrected chi connectivity index (χ0v) is 17.9. The Bertz CT molecular complexity index is 967. The van der Waals surface area contributed by atoms with Crippen molar-refractivity contribution >= 4 is 21.6 Å². The predicted octanol–water partition coefficient (Wildman–Crippen LogP) is 3.21. The summed E-state index contributed by atoms with van der Waals surface area (Å²) in [6, 6.07) is 13.0. The number of nitrogens with one attached hydrogen (secondary N) is 2. The Kier molecular flexibility index (Phi) is 6.92. The summed E-state index contributed by atoms with van der Waals surface area (Å²) in [6.07, 6.45) is 2.87. The van der Waals surface area contributed by atoms with Crippen molar-refractivity contribution in [3.8, 4) is 0 Å². The van der Waals surface area contributed by atoms with Gasteiger partial charge in [-0.25, -0.2) is 8.42 Å². The molecule has 29 heavy (non-hydrogen) atoms. The molecule has 0 unspecified atom stereocenters. The monoisotopic (exact) mass is 415 g/mol. The van der Waals surface area contributed by atoms with Gasteiger partial charge >= 0.3 is 0 Å². The Hall–Kier alpha value is -2.38. The quantitative estimate of drug-likeness (QED) is 0.728. The molecule has 0 saturated carbocycles. The zero-order valence-electron chi connectivity index (χ0n) is 17.1. The second kappa shape index (κ2) is 9.41. The van der Waals surface area contributed by atoms with Crippen LogP contribution in [-0.2, 0) is 21.4 Å². The molecule has 1 aliphatic rings. The number of amides is 1. The van der Waals surface area contributed by atoms with E-state index < -0.39 is 10.0 Å². The first-order chi connectivity index (χ1) is 13.9. The number of benzene rings is 2. The number of hydrogen-bond acceptors (Lipinski definition) is 4. The summed E-state index contributed by atoms with van der Waals surface area (Å²) in [5, 5.41) is 5.98. The molecule has 1 aliphatic heterocycles.